The Morgan fingerprint density at radius 3 is 3.14 bits per heavy atom. The van der Waals surface area contributed by atoms with E-state index in [4.69, 9.17) is 6.57 Å². The summed E-state index contributed by atoms with van der Waals surface area (Å²) in [6.07, 6.45) is 1.65. The first-order valence-electron chi connectivity index (χ1n) is 3.41. The molecule has 0 radical (unpaired) electrons. The molecule has 0 amide bonds. The van der Waals surface area contributed by atoms with Gasteiger partial charge in [0.2, 0.25) is 0 Å². The van der Waals surface area contributed by atoms with Gasteiger partial charge in [0.1, 0.15) is 5.16 Å². The van der Waals surface area contributed by atoms with Crippen LogP contribution in [0.1, 0.15) is 4.88 Å². The first-order chi connectivity index (χ1) is 6.88. The standard InChI is InChI=1S/C7H6N2O3S2/c1-8-7(6-4-3-5-14-6)9-10-11-12-13-2/h3-5H,2H3/b9-7-. The van der Waals surface area contributed by atoms with Crippen LogP contribution in [-0.2, 0) is 14.4 Å². The Kier molecular flexibility index (Phi) is 5.03. The molecule has 0 atom stereocenters. The number of oxime groups is 1. The summed E-state index contributed by atoms with van der Waals surface area (Å²) in [5.41, 5.74) is 0. The minimum Gasteiger partial charge on any atom is -0.356 e. The summed E-state index contributed by atoms with van der Waals surface area (Å²) in [6, 6.07) is 3.58. The summed E-state index contributed by atoms with van der Waals surface area (Å²) < 4.78 is 4.33. The third-order valence-corrected chi connectivity index (χ3v) is 2.15. The molecule has 0 unspecified atom stereocenters. The molecule has 1 rings (SSSR count). The van der Waals surface area contributed by atoms with Crippen molar-refractivity contribution in [3.05, 3.63) is 33.8 Å². The third kappa shape index (κ3) is 3.35. The fourth-order valence-electron chi connectivity index (χ4n) is 0.617. The SMILES string of the molecule is [C-]#[N+]/C(=N\OOOSC)c1cccs1. The van der Waals surface area contributed by atoms with Crippen LogP contribution in [0.15, 0.2) is 22.7 Å². The van der Waals surface area contributed by atoms with Gasteiger partial charge in [0.05, 0.1) is 4.88 Å². The normalized spacial score (nSPS) is 11.0. The van der Waals surface area contributed by atoms with Crippen molar-refractivity contribution in [3.8, 4) is 0 Å². The van der Waals surface area contributed by atoms with Gasteiger partial charge in [-0.3, -0.25) is 0 Å². The van der Waals surface area contributed by atoms with Gasteiger partial charge in [-0.15, -0.1) is 4.33 Å². The zero-order valence-electron chi connectivity index (χ0n) is 7.17. The summed E-state index contributed by atoms with van der Waals surface area (Å²) in [7, 11) is 0. The first kappa shape index (κ1) is 11.0. The molecular weight excluding hydrogens is 224 g/mol. The quantitative estimate of drug-likeness (QED) is 0.148. The monoisotopic (exact) mass is 230 g/mol. The van der Waals surface area contributed by atoms with E-state index in [1.807, 2.05) is 11.4 Å². The van der Waals surface area contributed by atoms with Crippen LogP contribution in [-0.4, -0.2) is 12.1 Å². The predicted molar refractivity (Wildman–Crippen MR) is 54.2 cm³/mol. The van der Waals surface area contributed by atoms with E-state index in [0.29, 0.717) is 4.88 Å². The second-order valence-corrected chi connectivity index (χ2v) is 3.30. The fourth-order valence-corrected chi connectivity index (χ4v) is 1.35. The van der Waals surface area contributed by atoms with Crippen LogP contribution in [0.2, 0.25) is 0 Å². The second kappa shape index (κ2) is 6.39. The smallest absolute Gasteiger partial charge is 0.336 e. The molecule has 0 bridgehead atoms. The number of rotatable bonds is 5. The summed E-state index contributed by atoms with van der Waals surface area (Å²) in [5.74, 6) is 0.129. The molecule has 74 valence electrons. The highest BCUT2D eigenvalue weighted by atomic mass is 32.2. The molecule has 0 saturated heterocycles. The van der Waals surface area contributed by atoms with Crippen molar-refractivity contribution in [1.29, 1.82) is 0 Å². The van der Waals surface area contributed by atoms with Gasteiger partial charge in [-0.05, 0) is 5.38 Å². The maximum atomic E-state index is 6.84. The van der Waals surface area contributed by atoms with Crippen molar-refractivity contribution in [2.45, 2.75) is 0 Å². The van der Waals surface area contributed by atoms with Crippen molar-refractivity contribution >= 4 is 29.2 Å². The van der Waals surface area contributed by atoms with Gasteiger partial charge in [-0.1, -0.05) is 23.7 Å². The van der Waals surface area contributed by atoms with E-state index in [1.165, 1.54) is 11.3 Å². The molecule has 0 fully saturated rings. The van der Waals surface area contributed by atoms with Crippen LogP contribution < -0.4 is 0 Å². The van der Waals surface area contributed by atoms with E-state index in [9.17, 15) is 0 Å². The summed E-state index contributed by atoms with van der Waals surface area (Å²) in [5, 5.41) is 9.43. The molecule has 1 heterocycles. The highest BCUT2D eigenvalue weighted by Gasteiger charge is 2.05. The number of hydrogen-bond acceptors (Lipinski definition) is 6. The molecule has 0 aliphatic rings. The Balaban J connectivity index is 2.51. The number of nitrogens with zero attached hydrogens (tertiary/aromatic N) is 2. The van der Waals surface area contributed by atoms with Crippen LogP contribution >= 0.6 is 23.4 Å². The van der Waals surface area contributed by atoms with Crippen molar-refractivity contribution in [1.82, 2.24) is 0 Å². The van der Waals surface area contributed by atoms with Gasteiger partial charge in [0.15, 0.2) is 0 Å². The minimum absolute atomic E-state index is 0.129. The van der Waals surface area contributed by atoms with Crippen molar-refractivity contribution < 1.29 is 14.4 Å². The highest BCUT2D eigenvalue weighted by Crippen LogP contribution is 2.11. The van der Waals surface area contributed by atoms with Crippen LogP contribution in [0.25, 0.3) is 4.85 Å². The number of amidine groups is 1. The largest absolute Gasteiger partial charge is 0.356 e. The molecule has 1 aromatic rings. The maximum absolute atomic E-state index is 6.84. The Hall–Kier alpha value is -1.07. The second-order valence-electron chi connectivity index (χ2n) is 1.88. The Morgan fingerprint density at radius 2 is 2.57 bits per heavy atom. The average molecular weight is 230 g/mol. The van der Waals surface area contributed by atoms with Gasteiger partial charge in [0, 0.05) is 23.3 Å². The lowest BCUT2D eigenvalue weighted by molar-refractivity contribution is -0.461. The molecule has 7 heteroatoms. The molecule has 0 aromatic carbocycles. The molecule has 0 aliphatic carbocycles. The van der Waals surface area contributed by atoms with E-state index in [1.54, 1.807) is 12.3 Å². The summed E-state index contributed by atoms with van der Waals surface area (Å²) in [6.45, 7) is 6.84. The van der Waals surface area contributed by atoms with E-state index in [0.717, 1.165) is 12.0 Å². The molecule has 0 aliphatic heterocycles. The first-order valence-corrected chi connectivity index (χ1v) is 5.44. The molecular formula is C7H6N2O3S2. The summed E-state index contributed by atoms with van der Waals surface area (Å²) in [4.78, 5) is 8.18. The zero-order chi connectivity index (χ0) is 10.2. The van der Waals surface area contributed by atoms with Crippen LogP contribution in [0, 0.1) is 6.57 Å². The maximum Gasteiger partial charge on any atom is 0.336 e. The Morgan fingerprint density at radius 1 is 1.71 bits per heavy atom. The van der Waals surface area contributed by atoms with Gasteiger partial charge < -0.3 is 4.85 Å². The van der Waals surface area contributed by atoms with E-state index >= 15 is 0 Å². The zero-order valence-corrected chi connectivity index (χ0v) is 8.80. The Labute approximate surface area is 89.1 Å². The summed E-state index contributed by atoms with van der Waals surface area (Å²) >= 11 is 2.36. The molecule has 5 nitrogen and oxygen atoms in total. The lowest BCUT2D eigenvalue weighted by Crippen LogP contribution is -1.93. The molecule has 14 heavy (non-hydrogen) atoms. The van der Waals surface area contributed by atoms with Crippen LogP contribution in [0.3, 0.4) is 0 Å². The van der Waals surface area contributed by atoms with Crippen LogP contribution in [0.5, 0.6) is 0 Å². The van der Waals surface area contributed by atoms with Gasteiger partial charge in [-0.25, -0.2) is 0 Å². The third-order valence-electron chi connectivity index (χ3n) is 1.10. The lowest BCUT2D eigenvalue weighted by Gasteiger charge is -1.91. The van der Waals surface area contributed by atoms with E-state index < -0.39 is 0 Å². The van der Waals surface area contributed by atoms with E-state index in [2.05, 4.69) is 24.4 Å². The topological polar surface area (TPSA) is 44.4 Å². The molecule has 0 spiro atoms. The van der Waals surface area contributed by atoms with Crippen molar-refractivity contribution in [2.75, 3.05) is 6.26 Å². The average Bonchev–Trinajstić information content (AvgIpc) is 2.71. The minimum atomic E-state index is 0.129. The highest BCUT2D eigenvalue weighted by molar-refractivity contribution is 7.93. The van der Waals surface area contributed by atoms with Gasteiger partial charge in [0.25, 0.3) is 0 Å². The molecule has 1 aromatic heterocycles. The number of hydrogen-bond donors (Lipinski definition) is 0. The lowest BCUT2D eigenvalue weighted by atomic mass is 10.4. The van der Waals surface area contributed by atoms with Gasteiger partial charge >= 0.3 is 5.84 Å². The fraction of sp³-hybridized carbons (Fsp3) is 0.143. The van der Waals surface area contributed by atoms with Crippen LogP contribution in [0.4, 0.5) is 0 Å². The Bertz CT molecular complexity index is 331. The molecule has 0 N–H and O–H groups in total. The van der Waals surface area contributed by atoms with Crippen molar-refractivity contribution in [3.63, 3.8) is 0 Å². The molecule has 0 saturated carbocycles. The number of thiophene rings is 1. The van der Waals surface area contributed by atoms with E-state index in [-0.39, 0.29) is 5.84 Å². The van der Waals surface area contributed by atoms with Crippen molar-refractivity contribution in [2.24, 2.45) is 5.16 Å². The predicted octanol–water partition coefficient (Wildman–Crippen LogP) is 2.49. The van der Waals surface area contributed by atoms with Gasteiger partial charge in [-0.2, -0.15) is 11.3 Å².